The van der Waals surface area contributed by atoms with Crippen LogP contribution in [0.25, 0.3) is 5.57 Å². The zero-order chi connectivity index (χ0) is 29.5. The molecule has 1 heterocycles. The van der Waals surface area contributed by atoms with Crippen LogP contribution >= 0.6 is 0 Å². The number of benzene rings is 3. The topological polar surface area (TPSA) is 113 Å². The molecule has 2 unspecified atom stereocenters. The maximum atomic E-state index is 14.0. The fourth-order valence-electron chi connectivity index (χ4n) is 5.60. The molecule has 3 aromatic rings. The van der Waals surface area contributed by atoms with Crippen LogP contribution in [0.4, 0.5) is 10.1 Å². The first kappa shape index (κ1) is 30.1. The van der Waals surface area contributed by atoms with Gasteiger partial charge in [-0.15, -0.1) is 0 Å². The largest absolute Gasteiger partial charge is 0.481 e. The van der Waals surface area contributed by atoms with Crippen LogP contribution < -0.4 is 5.32 Å². The number of halogens is 1. The lowest BCUT2D eigenvalue weighted by molar-refractivity contribution is -0.561. The first-order chi connectivity index (χ1) is 19.7. The van der Waals surface area contributed by atoms with Gasteiger partial charge in [0, 0.05) is 30.0 Å². The van der Waals surface area contributed by atoms with Gasteiger partial charge in [-0.2, -0.15) is 0 Å². The fourth-order valence-corrected chi connectivity index (χ4v) is 5.60. The van der Waals surface area contributed by atoms with E-state index in [-0.39, 0.29) is 30.6 Å². The van der Waals surface area contributed by atoms with Gasteiger partial charge in [-0.1, -0.05) is 62.4 Å². The summed E-state index contributed by atoms with van der Waals surface area (Å²) < 4.78 is 16.2. The van der Waals surface area contributed by atoms with Gasteiger partial charge in [0.25, 0.3) is 0 Å². The van der Waals surface area contributed by atoms with Gasteiger partial charge in [0.2, 0.25) is 5.71 Å². The summed E-state index contributed by atoms with van der Waals surface area (Å²) in [5.41, 5.74) is 4.80. The molecule has 5 N–H and O–H groups in total. The van der Waals surface area contributed by atoms with Gasteiger partial charge in [-0.05, 0) is 42.0 Å². The minimum atomic E-state index is -1.16. The van der Waals surface area contributed by atoms with Crippen LogP contribution in [0, 0.1) is 11.7 Å². The highest BCUT2D eigenvalue weighted by Crippen LogP contribution is 2.38. The van der Waals surface area contributed by atoms with E-state index in [0.29, 0.717) is 6.54 Å². The number of hydrogen-bond acceptors (Lipinski definition) is 5. The summed E-state index contributed by atoms with van der Waals surface area (Å²) in [7, 11) is 0. The lowest BCUT2D eigenvalue weighted by Crippen LogP contribution is -2.39. The number of carboxylic acid groups (broad SMARTS) is 1. The van der Waals surface area contributed by atoms with Crippen molar-refractivity contribution in [3.63, 3.8) is 0 Å². The van der Waals surface area contributed by atoms with Crippen LogP contribution in [0.2, 0.25) is 0 Å². The Morgan fingerprint density at radius 1 is 0.878 bits per heavy atom. The number of allylic oxidation sites excluding steroid dienone is 1. The summed E-state index contributed by atoms with van der Waals surface area (Å²) in [4.78, 5) is 11.0. The lowest BCUT2D eigenvalue weighted by Gasteiger charge is -2.24. The van der Waals surface area contributed by atoms with Crippen molar-refractivity contribution < 1.29 is 34.2 Å². The Kier molecular flexibility index (Phi) is 10.0. The Hall–Kier alpha value is -3.85. The van der Waals surface area contributed by atoms with E-state index in [0.717, 1.165) is 33.7 Å². The lowest BCUT2D eigenvalue weighted by atomic mass is 9.88. The van der Waals surface area contributed by atoms with Crippen LogP contribution in [0.15, 0.2) is 90.5 Å². The summed E-state index contributed by atoms with van der Waals surface area (Å²) in [6.45, 7) is 4.49. The maximum Gasteiger partial charge on any atom is 0.305 e. The average Bonchev–Trinajstić information content (AvgIpc) is 3.28. The number of anilines is 1. The van der Waals surface area contributed by atoms with Crippen molar-refractivity contribution in [3.05, 3.63) is 107 Å². The van der Waals surface area contributed by atoms with E-state index in [9.17, 15) is 24.5 Å². The number of para-hydroxylation sites is 1. The number of nitrogens with one attached hydrogen (secondary N) is 1. The number of carbonyl (C=O) groups is 1. The molecule has 41 heavy (non-hydrogen) atoms. The third-order valence-corrected chi connectivity index (χ3v) is 7.31. The highest BCUT2D eigenvalue weighted by atomic mass is 19.1. The second-order valence-electron chi connectivity index (χ2n) is 10.8. The van der Waals surface area contributed by atoms with Crippen LogP contribution in [-0.2, 0) is 4.79 Å². The monoisotopic (exact) mass is 561 g/mol. The molecule has 4 rings (SSSR count). The number of aliphatic hydroxyl groups excluding tert-OH is 3. The molecule has 216 valence electrons. The Bertz CT molecular complexity index is 1370. The molecule has 0 saturated carbocycles. The van der Waals surface area contributed by atoms with Crippen molar-refractivity contribution >= 4 is 22.9 Å². The minimum absolute atomic E-state index is 0.0311. The second kappa shape index (κ2) is 13.7. The molecule has 1 aliphatic heterocycles. The molecular weight excluding hydrogens is 523 g/mol. The molecule has 0 aromatic heterocycles. The third-order valence-electron chi connectivity index (χ3n) is 7.31. The molecule has 8 heteroatoms. The van der Waals surface area contributed by atoms with Crippen molar-refractivity contribution in [1.82, 2.24) is 0 Å². The van der Waals surface area contributed by atoms with Gasteiger partial charge in [-0.25, -0.2) is 8.97 Å². The number of carboxylic acids is 1. The summed E-state index contributed by atoms with van der Waals surface area (Å²) in [5.74, 6) is -1.46. The van der Waals surface area contributed by atoms with E-state index in [4.69, 9.17) is 5.11 Å². The quantitative estimate of drug-likeness (QED) is 0.155. The average molecular weight is 562 g/mol. The van der Waals surface area contributed by atoms with Crippen LogP contribution in [-0.4, -0.2) is 67.7 Å². The minimum Gasteiger partial charge on any atom is -0.481 e. The number of nitrogens with zero attached hydrogens (tertiary/aromatic N) is 1. The molecule has 0 aliphatic carbocycles. The second-order valence-corrected chi connectivity index (χ2v) is 10.8. The van der Waals surface area contributed by atoms with Crippen molar-refractivity contribution in [2.75, 3.05) is 11.9 Å². The smallest absolute Gasteiger partial charge is 0.305 e. The Labute approximate surface area is 239 Å². The first-order valence-electron chi connectivity index (χ1n) is 13.9. The summed E-state index contributed by atoms with van der Waals surface area (Å²) in [6.07, 6.45) is -3.41. The Morgan fingerprint density at radius 2 is 1.49 bits per heavy atom. The predicted octanol–water partition coefficient (Wildman–Crippen LogP) is 4.53. The Morgan fingerprint density at radius 3 is 2.07 bits per heavy atom. The van der Waals surface area contributed by atoms with Gasteiger partial charge in [-0.3, -0.25) is 4.79 Å². The molecule has 4 atom stereocenters. The zero-order valence-corrected chi connectivity index (χ0v) is 23.3. The number of aliphatic hydroxyl groups is 3. The Balaban J connectivity index is 1.82. The third kappa shape index (κ3) is 7.47. The molecule has 3 aromatic carbocycles. The van der Waals surface area contributed by atoms with Crippen LogP contribution in [0.1, 0.15) is 44.2 Å². The molecule has 1 aliphatic rings. The number of rotatable bonds is 13. The number of hydrogen-bond donors (Lipinski definition) is 5. The highest BCUT2D eigenvalue weighted by molar-refractivity contribution is 6.31. The molecule has 0 spiro atoms. The summed E-state index contributed by atoms with van der Waals surface area (Å²) >= 11 is 0. The molecule has 0 bridgehead atoms. The van der Waals surface area contributed by atoms with Crippen molar-refractivity contribution in [3.8, 4) is 0 Å². The van der Waals surface area contributed by atoms with E-state index in [1.54, 1.807) is 12.1 Å². The van der Waals surface area contributed by atoms with Gasteiger partial charge in [0.15, 0.2) is 12.3 Å². The molecule has 7 nitrogen and oxygen atoms in total. The SMILES string of the molecule is CC(C)C1C(C(O)Nc2ccccc2)=C(c2ccccc2)C(c2ccc(F)cc2)=[N+]1CC[C@@H](O)C[C@@H](O)CC(=O)O. The van der Waals surface area contributed by atoms with Gasteiger partial charge in [0.05, 0.1) is 29.8 Å². The van der Waals surface area contributed by atoms with Crippen LogP contribution in [0.5, 0.6) is 0 Å². The molecule has 0 amide bonds. The normalized spacial score (nSPS) is 17.6. The summed E-state index contributed by atoms with van der Waals surface area (Å²) in [6, 6.07) is 25.1. The maximum absolute atomic E-state index is 14.0. The van der Waals surface area contributed by atoms with Gasteiger partial charge >= 0.3 is 5.97 Å². The standard InChI is InChI=1S/C33H37FN2O5/c1-21(2)31-30(33(41)35-25-11-7-4-8-12-25)29(22-9-5-3-6-10-22)32(23-13-15-24(34)16-14-23)36(31)18-17-26(37)19-27(38)20-28(39)40/h3-16,21,26-27,31,33,35,37-38,41H,17-20H2,1-2H3/p+1/t26-,27-,31?,33?/m1/s1. The fraction of sp³-hybridized carbons (Fsp3) is 0.333. The zero-order valence-electron chi connectivity index (χ0n) is 23.3. The van der Waals surface area contributed by atoms with E-state index >= 15 is 0 Å². The van der Waals surface area contributed by atoms with Crippen LogP contribution in [0.3, 0.4) is 0 Å². The molecule has 0 saturated heterocycles. The van der Waals surface area contributed by atoms with E-state index in [1.165, 1.54) is 12.1 Å². The van der Waals surface area contributed by atoms with Crippen molar-refractivity contribution in [2.24, 2.45) is 5.92 Å². The first-order valence-corrected chi connectivity index (χ1v) is 13.9. The predicted molar refractivity (Wildman–Crippen MR) is 157 cm³/mol. The molecule has 0 fully saturated rings. The van der Waals surface area contributed by atoms with E-state index in [1.807, 2.05) is 60.7 Å². The molecular formula is C33H38FN2O5+. The van der Waals surface area contributed by atoms with Gasteiger partial charge in [0.1, 0.15) is 12.4 Å². The van der Waals surface area contributed by atoms with Gasteiger partial charge < -0.3 is 25.7 Å². The van der Waals surface area contributed by atoms with E-state index in [2.05, 4.69) is 23.7 Å². The van der Waals surface area contributed by atoms with Crippen molar-refractivity contribution in [2.45, 2.75) is 57.6 Å². The van der Waals surface area contributed by atoms with E-state index < -0.39 is 30.8 Å². The highest BCUT2D eigenvalue weighted by Gasteiger charge is 2.46. The summed E-state index contributed by atoms with van der Waals surface area (Å²) in [5, 5.41) is 44.8. The molecule has 0 radical (unpaired) electrons. The van der Waals surface area contributed by atoms with Crippen molar-refractivity contribution in [1.29, 1.82) is 0 Å². The number of aliphatic carboxylic acids is 1.